The molecule has 0 radical (unpaired) electrons. The number of ether oxygens (including phenoxy) is 1. The van der Waals surface area contributed by atoms with Crippen LogP contribution in [0.2, 0.25) is 0 Å². The largest absolute Gasteiger partial charge is 0.392 e. The maximum absolute atomic E-state index is 9.43. The number of nitrogens with zero attached hydrogens (tertiary/aromatic N) is 2. The van der Waals surface area contributed by atoms with Gasteiger partial charge in [-0.15, -0.1) is 0 Å². The molecule has 0 unspecified atom stereocenters. The van der Waals surface area contributed by atoms with Gasteiger partial charge in [-0.2, -0.15) is 0 Å². The van der Waals surface area contributed by atoms with E-state index in [9.17, 15) is 5.11 Å². The Morgan fingerprint density at radius 3 is 2.55 bits per heavy atom. The first-order valence-corrected chi connectivity index (χ1v) is 8.34. The van der Waals surface area contributed by atoms with E-state index in [0.29, 0.717) is 6.10 Å². The number of hydrogen-bond acceptors (Lipinski definition) is 4. The van der Waals surface area contributed by atoms with Crippen LogP contribution >= 0.6 is 0 Å². The second kappa shape index (κ2) is 8.32. The van der Waals surface area contributed by atoms with Crippen LogP contribution in [-0.2, 0) is 4.74 Å². The number of likely N-dealkylation sites (N-methyl/N-ethyl adjacent to an activating group) is 1. The summed E-state index contributed by atoms with van der Waals surface area (Å²) >= 11 is 0. The van der Waals surface area contributed by atoms with Crippen molar-refractivity contribution in [3.8, 4) is 0 Å². The lowest BCUT2D eigenvalue weighted by Crippen LogP contribution is -2.42. The number of likely N-dealkylation sites (tertiary alicyclic amines) is 1. The van der Waals surface area contributed by atoms with Gasteiger partial charge in [0.25, 0.3) is 0 Å². The highest BCUT2D eigenvalue weighted by Gasteiger charge is 2.22. The summed E-state index contributed by atoms with van der Waals surface area (Å²) in [5.41, 5.74) is 0. The van der Waals surface area contributed by atoms with Crippen LogP contribution in [0.25, 0.3) is 0 Å². The van der Waals surface area contributed by atoms with Crippen molar-refractivity contribution in [3.63, 3.8) is 0 Å². The van der Waals surface area contributed by atoms with Gasteiger partial charge in [0.2, 0.25) is 0 Å². The molecule has 2 heterocycles. The summed E-state index contributed by atoms with van der Waals surface area (Å²) in [4.78, 5) is 4.86. The molecule has 4 nitrogen and oxygen atoms in total. The molecule has 2 rings (SSSR count). The van der Waals surface area contributed by atoms with E-state index >= 15 is 0 Å². The summed E-state index contributed by atoms with van der Waals surface area (Å²) in [6.07, 6.45) is 6.60. The van der Waals surface area contributed by atoms with Gasteiger partial charge in [0, 0.05) is 26.2 Å². The van der Waals surface area contributed by atoms with E-state index in [0.717, 1.165) is 38.7 Å². The van der Waals surface area contributed by atoms with Gasteiger partial charge in [-0.25, -0.2) is 0 Å². The Hall–Kier alpha value is -0.160. The first-order chi connectivity index (χ1) is 9.63. The highest BCUT2D eigenvalue weighted by atomic mass is 16.5. The van der Waals surface area contributed by atoms with Crippen LogP contribution in [0.15, 0.2) is 0 Å². The number of rotatable bonds is 6. The molecular weight excluding hydrogens is 252 g/mol. The summed E-state index contributed by atoms with van der Waals surface area (Å²) in [6.45, 7) is 8.24. The maximum atomic E-state index is 9.43. The monoisotopic (exact) mass is 284 g/mol. The quantitative estimate of drug-likeness (QED) is 0.803. The third-order valence-corrected chi connectivity index (χ3v) is 4.59. The SMILES string of the molecule is C[C@H](O)CN1CCC(CN(C)C[C@@H]2CCCCO2)CC1. The molecule has 2 atom stereocenters. The Kier molecular flexibility index (Phi) is 6.75. The second-order valence-corrected chi connectivity index (χ2v) is 6.80. The minimum atomic E-state index is -0.197. The van der Waals surface area contributed by atoms with E-state index in [1.54, 1.807) is 0 Å². The number of piperidine rings is 1. The van der Waals surface area contributed by atoms with E-state index < -0.39 is 0 Å². The molecule has 118 valence electrons. The molecule has 0 aliphatic carbocycles. The van der Waals surface area contributed by atoms with Crippen LogP contribution in [0.1, 0.15) is 39.0 Å². The average Bonchev–Trinajstić information content (AvgIpc) is 2.41. The summed E-state index contributed by atoms with van der Waals surface area (Å²) in [5.74, 6) is 0.814. The molecule has 0 saturated carbocycles. The predicted molar refractivity (Wildman–Crippen MR) is 81.9 cm³/mol. The standard InChI is InChI=1S/C16H32N2O2/c1-14(19)11-18-8-6-15(7-9-18)12-17(2)13-16-5-3-4-10-20-16/h14-16,19H,3-13H2,1-2H3/t14-,16-/m0/s1. The summed E-state index contributed by atoms with van der Waals surface area (Å²) in [6, 6.07) is 0. The van der Waals surface area contributed by atoms with Gasteiger partial charge >= 0.3 is 0 Å². The average molecular weight is 284 g/mol. The fourth-order valence-corrected chi connectivity index (χ4v) is 3.54. The number of aliphatic hydroxyl groups is 1. The van der Waals surface area contributed by atoms with Crippen molar-refractivity contribution in [1.29, 1.82) is 0 Å². The molecule has 2 aliphatic rings. The lowest BCUT2D eigenvalue weighted by molar-refractivity contribution is -0.00536. The molecule has 2 aliphatic heterocycles. The fourth-order valence-electron chi connectivity index (χ4n) is 3.54. The molecular formula is C16H32N2O2. The predicted octanol–water partition coefficient (Wildman–Crippen LogP) is 1.58. The smallest absolute Gasteiger partial charge is 0.0701 e. The van der Waals surface area contributed by atoms with E-state index in [1.807, 2.05) is 6.92 Å². The van der Waals surface area contributed by atoms with E-state index in [-0.39, 0.29) is 6.10 Å². The molecule has 0 spiro atoms. The molecule has 0 amide bonds. The van der Waals surface area contributed by atoms with Crippen molar-refractivity contribution in [3.05, 3.63) is 0 Å². The van der Waals surface area contributed by atoms with Gasteiger partial charge in [0.05, 0.1) is 12.2 Å². The van der Waals surface area contributed by atoms with Crippen LogP contribution in [0.3, 0.4) is 0 Å². The number of hydrogen-bond donors (Lipinski definition) is 1. The molecule has 0 aromatic rings. The van der Waals surface area contributed by atoms with E-state index in [1.165, 1.54) is 38.6 Å². The zero-order chi connectivity index (χ0) is 14.4. The topological polar surface area (TPSA) is 35.9 Å². The second-order valence-electron chi connectivity index (χ2n) is 6.80. The van der Waals surface area contributed by atoms with Gasteiger partial charge in [0.1, 0.15) is 0 Å². The molecule has 2 saturated heterocycles. The molecule has 0 bridgehead atoms. The molecule has 0 aromatic heterocycles. The Balaban J connectivity index is 1.61. The minimum absolute atomic E-state index is 0.197. The molecule has 20 heavy (non-hydrogen) atoms. The van der Waals surface area contributed by atoms with Crippen molar-refractivity contribution in [2.24, 2.45) is 5.92 Å². The van der Waals surface area contributed by atoms with Crippen molar-refractivity contribution < 1.29 is 9.84 Å². The maximum Gasteiger partial charge on any atom is 0.0701 e. The van der Waals surface area contributed by atoms with Crippen LogP contribution < -0.4 is 0 Å². The Morgan fingerprint density at radius 1 is 1.20 bits per heavy atom. The van der Waals surface area contributed by atoms with Gasteiger partial charge in [-0.05, 0) is 65.1 Å². The van der Waals surface area contributed by atoms with Gasteiger partial charge in [-0.1, -0.05) is 0 Å². The summed E-state index contributed by atoms with van der Waals surface area (Å²) in [7, 11) is 2.24. The molecule has 1 N–H and O–H groups in total. The first kappa shape index (κ1) is 16.2. The summed E-state index contributed by atoms with van der Waals surface area (Å²) in [5, 5.41) is 9.43. The van der Waals surface area contributed by atoms with E-state index in [2.05, 4.69) is 16.8 Å². The molecule has 0 aromatic carbocycles. The molecule has 4 heteroatoms. The van der Waals surface area contributed by atoms with Crippen molar-refractivity contribution >= 4 is 0 Å². The lowest BCUT2D eigenvalue weighted by atomic mass is 9.96. The zero-order valence-corrected chi connectivity index (χ0v) is 13.3. The van der Waals surface area contributed by atoms with Crippen LogP contribution in [0.5, 0.6) is 0 Å². The third-order valence-electron chi connectivity index (χ3n) is 4.59. The highest BCUT2D eigenvalue weighted by Crippen LogP contribution is 2.19. The van der Waals surface area contributed by atoms with Gasteiger partial charge in [-0.3, -0.25) is 0 Å². The Bertz CT molecular complexity index is 259. The van der Waals surface area contributed by atoms with Crippen molar-refractivity contribution in [1.82, 2.24) is 9.80 Å². The number of aliphatic hydroxyl groups excluding tert-OH is 1. The highest BCUT2D eigenvalue weighted by molar-refractivity contribution is 4.76. The number of β-amino-alcohol motifs (C(OH)–C–C–N with tert-alkyl or cyclic N) is 1. The Morgan fingerprint density at radius 2 is 1.95 bits per heavy atom. The first-order valence-electron chi connectivity index (χ1n) is 8.34. The fraction of sp³-hybridized carbons (Fsp3) is 1.00. The van der Waals surface area contributed by atoms with Crippen LogP contribution in [-0.4, -0.2) is 73.5 Å². The van der Waals surface area contributed by atoms with Crippen molar-refractivity contribution in [2.45, 2.75) is 51.2 Å². The minimum Gasteiger partial charge on any atom is -0.392 e. The van der Waals surface area contributed by atoms with Crippen molar-refractivity contribution in [2.75, 3.05) is 46.4 Å². The zero-order valence-electron chi connectivity index (χ0n) is 13.3. The lowest BCUT2D eigenvalue weighted by Gasteiger charge is -2.35. The normalized spacial score (nSPS) is 27.9. The molecule has 2 fully saturated rings. The third kappa shape index (κ3) is 5.68. The van der Waals surface area contributed by atoms with Crippen LogP contribution in [0, 0.1) is 5.92 Å². The van der Waals surface area contributed by atoms with Gasteiger partial charge in [0.15, 0.2) is 0 Å². The van der Waals surface area contributed by atoms with E-state index in [4.69, 9.17) is 4.74 Å². The summed E-state index contributed by atoms with van der Waals surface area (Å²) < 4.78 is 5.82. The Labute approximate surface area is 124 Å². The van der Waals surface area contributed by atoms with Crippen LogP contribution in [0.4, 0.5) is 0 Å². The van der Waals surface area contributed by atoms with Gasteiger partial charge < -0.3 is 19.6 Å².